The highest BCUT2D eigenvalue weighted by molar-refractivity contribution is 7.87. The molecule has 0 rings (SSSR count). The number of hydrogen-bond acceptors (Lipinski definition) is 6. The van der Waals surface area contributed by atoms with Crippen molar-refractivity contribution in [3.05, 3.63) is 12.3 Å². The number of ether oxygens (including phenoxy) is 2. The van der Waals surface area contributed by atoms with Crippen LogP contribution in [0.1, 0.15) is 84.5 Å². The highest BCUT2D eigenvalue weighted by Crippen LogP contribution is 2.12. The van der Waals surface area contributed by atoms with Crippen LogP contribution in [-0.4, -0.2) is 36.8 Å². The fraction of sp³-hybridized carbons (Fsp3) is 0.789. The maximum absolute atomic E-state index is 11.9. The summed E-state index contributed by atoms with van der Waals surface area (Å²) in [6.07, 6.45) is 12.4. The molecule has 0 fully saturated rings. The summed E-state index contributed by atoms with van der Waals surface area (Å²) in [6, 6.07) is 0. The van der Waals surface area contributed by atoms with E-state index in [2.05, 4.69) is 11.7 Å². The van der Waals surface area contributed by atoms with E-state index < -0.39 is 33.7 Å². The molecule has 0 saturated carbocycles. The lowest BCUT2D eigenvalue weighted by Crippen LogP contribution is -2.34. The fourth-order valence-corrected chi connectivity index (χ4v) is 3.07. The summed E-state index contributed by atoms with van der Waals surface area (Å²) in [6.45, 7) is 4.07. The van der Waals surface area contributed by atoms with Crippen LogP contribution in [0.3, 0.4) is 0 Å². The Balaban J connectivity index is 4.10. The van der Waals surface area contributed by atoms with Crippen molar-refractivity contribution in [2.24, 2.45) is 0 Å². The third kappa shape index (κ3) is 14.3. The zero-order chi connectivity index (χ0) is 20.5. The van der Waals surface area contributed by atoms with E-state index >= 15 is 0 Å². The normalized spacial score (nSPS) is 12.9. The predicted octanol–water partition coefficient (Wildman–Crippen LogP) is 4.17. The minimum absolute atomic E-state index is 0.0610. The highest BCUT2D eigenvalue weighted by Gasteiger charge is 2.35. The molecule has 1 unspecified atom stereocenters. The molecule has 0 amide bonds. The lowest BCUT2D eigenvalue weighted by atomic mass is 10.1. The van der Waals surface area contributed by atoms with Crippen LogP contribution in [0, 0.1) is 0 Å². The molecular formula is C19H34O7S. The third-order valence-electron chi connectivity index (χ3n) is 4.00. The summed E-state index contributed by atoms with van der Waals surface area (Å²) in [5.41, 5.74) is 0. The van der Waals surface area contributed by atoms with Gasteiger partial charge in [-0.25, -0.2) is 0 Å². The fourth-order valence-electron chi connectivity index (χ4n) is 2.41. The van der Waals surface area contributed by atoms with Gasteiger partial charge in [0.2, 0.25) is 0 Å². The molecule has 1 atom stereocenters. The molecule has 158 valence electrons. The summed E-state index contributed by atoms with van der Waals surface area (Å²) in [7, 11) is -4.75. The van der Waals surface area contributed by atoms with Gasteiger partial charge in [-0.3, -0.25) is 14.1 Å². The van der Waals surface area contributed by atoms with E-state index in [1.807, 2.05) is 6.92 Å². The maximum atomic E-state index is 11.9. The van der Waals surface area contributed by atoms with Crippen LogP contribution in [0.5, 0.6) is 0 Å². The Morgan fingerprint density at radius 3 is 2.04 bits per heavy atom. The summed E-state index contributed by atoms with van der Waals surface area (Å²) in [5, 5.41) is -1.96. The minimum atomic E-state index is -4.75. The van der Waals surface area contributed by atoms with Gasteiger partial charge in [-0.2, -0.15) is 8.42 Å². The Morgan fingerprint density at radius 2 is 1.52 bits per heavy atom. The van der Waals surface area contributed by atoms with Crippen molar-refractivity contribution in [1.82, 2.24) is 0 Å². The van der Waals surface area contributed by atoms with E-state index in [1.165, 1.54) is 32.1 Å². The van der Waals surface area contributed by atoms with Gasteiger partial charge in [-0.15, -0.1) is 0 Å². The number of allylic oxidation sites excluding steroid dienone is 1. The van der Waals surface area contributed by atoms with Gasteiger partial charge in [0.15, 0.2) is 5.25 Å². The molecular weight excluding hydrogens is 372 g/mol. The molecule has 0 aromatic carbocycles. The summed E-state index contributed by atoms with van der Waals surface area (Å²) in [4.78, 5) is 23.5. The van der Waals surface area contributed by atoms with Crippen LogP contribution >= 0.6 is 0 Å². The van der Waals surface area contributed by atoms with Crippen molar-refractivity contribution in [1.29, 1.82) is 0 Å². The molecule has 0 bridgehead atoms. The van der Waals surface area contributed by atoms with Crippen LogP contribution in [0.4, 0.5) is 0 Å². The van der Waals surface area contributed by atoms with Crippen molar-refractivity contribution in [3.63, 3.8) is 0 Å². The van der Waals surface area contributed by atoms with E-state index in [0.29, 0.717) is 12.8 Å². The van der Waals surface area contributed by atoms with E-state index in [-0.39, 0.29) is 6.61 Å². The van der Waals surface area contributed by atoms with Gasteiger partial charge in [-0.05, 0) is 18.9 Å². The first kappa shape index (κ1) is 25.6. The second-order valence-corrected chi connectivity index (χ2v) is 8.07. The average Bonchev–Trinajstić information content (AvgIpc) is 2.60. The molecule has 0 spiro atoms. The average molecular weight is 407 g/mol. The molecule has 0 aliphatic heterocycles. The lowest BCUT2D eigenvalue weighted by molar-refractivity contribution is -0.147. The first-order chi connectivity index (χ1) is 12.8. The molecule has 0 aliphatic rings. The van der Waals surface area contributed by atoms with Crippen LogP contribution < -0.4 is 0 Å². The van der Waals surface area contributed by atoms with Gasteiger partial charge >= 0.3 is 11.9 Å². The monoisotopic (exact) mass is 406 g/mol. The van der Waals surface area contributed by atoms with Crippen molar-refractivity contribution in [2.75, 3.05) is 6.61 Å². The maximum Gasteiger partial charge on any atom is 0.327 e. The largest absolute Gasteiger partial charge is 0.465 e. The summed E-state index contributed by atoms with van der Waals surface area (Å²) >= 11 is 0. The van der Waals surface area contributed by atoms with Gasteiger partial charge in [0, 0.05) is 0 Å². The smallest absolute Gasteiger partial charge is 0.327 e. The number of carbonyl (C=O) groups is 2. The zero-order valence-electron chi connectivity index (χ0n) is 16.5. The Hall–Kier alpha value is -1.41. The number of carbonyl (C=O) groups excluding carboxylic acids is 2. The molecule has 0 radical (unpaired) electrons. The number of esters is 2. The van der Waals surface area contributed by atoms with E-state index in [0.717, 1.165) is 25.5 Å². The van der Waals surface area contributed by atoms with Crippen molar-refractivity contribution < 1.29 is 32.0 Å². The SMILES string of the molecule is CC/C=C/OC(=O)CC(C(=O)OCCCCCCCCCCC)S(=O)(=O)O. The Kier molecular flexibility index (Phi) is 14.8. The minimum Gasteiger partial charge on any atom is -0.465 e. The van der Waals surface area contributed by atoms with Crippen molar-refractivity contribution >= 4 is 22.1 Å². The molecule has 0 aromatic heterocycles. The van der Waals surface area contributed by atoms with E-state index in [4.69, 9.17) is 4.74 Å². The highest BCUT2D eigenvalue weighted by atomic mass is 32.2. The Bertz CT molecular complexity index is 540. The molecule has 8 heteroatoms. The first-order valence-corrected chi connectivity index (χ1v) is 11.3. The summed E-state index contributed by atoms with van der Waals surface area (Å²) in [5.74, 6) is -2.06. The molecule has 0 saturated heterocycles. The van der Waals surface area contributed by atoms with Crippen LogP contribution in [-0.2, 0) is 29.2 Å². The summed E-state index contributed by atoms with van der Waals surface area (Å²) < 4.78 is 41.4. The first-order valence-electron chi connectivity index (χ1n) is 9.80. The number of unbranched alkanes of at least 4 members (excludes halogenated alkanes) is 8. The van der Waals surface area contributed by atoms with E-state index in [9.17, 15) is 22.6 Å². The van der Waals surface area contributed by atoms with Gasteiger partial charge < -0.3 is 9.47 Å². The second-order valence-electron chi connectivity index (χ2n) is 6.47. The van der Waals surface area contributed by atoms with Gasteiger partial charge in [0.05, 0.1) is 19.3 Å². The number of rotatable bonds is 16. The van der Waals surface area contributed by atoms with E-state index in [1.54, 1.807) is 6.08 Å². The predicted molar refractivity (Wildman–Crippen MR) is 104 cm³/mol. The van der Waals surface area contributed by atoms with Gasteiger partial charge in [0.25, 0.3) is 10.1 Å². The molecule has 1 N–H and O–H groups in total. The van der Waals surface area contributed by atoms with Crippen molar-refractivity contribution in [2.45, 2.75) is 89.7 Å². The second kappa shape index (κ2) is 15.6. The van der Waals surface area contributed by atoms with Gasteiger partial charge in [-0.1, -0.05) is 65.2 Å². The van der Waals surface area contributed by atoms with Gasteiger partial charge in [0.1, 0.15) is 0 Å². The van der Waals surface area contributed by atoms with Crippen LogP contribution in [0.15, 0.2) is 12.3 Å². The van der Waals surface area contributed by atoms with Crippen LogP contribution in [0.25, 0.3) is 0 Å². The van der Waals surface area contributed by atoms with Crippen molar-refractivity contribution in [3.8, 4) is 0 Å². The zero-order valence-corrected chi connectivity index (χ0v) is 17.3. The Labute approximate surface area is 163 Å². The van der Waals surface area contributed by atoms with Crippen LogP contribution in [0.2, 0.25) is 0 Å². The Morgan fingerprint density at radius 1 is 0.963 bits per heavy atom. The quantitative estimate of drug-likeness (QED) is 0.177. The molecule has 27 heavy (non-hydrogen) atoms. The third-order valence-corrected chi connectivity index (χ3v) is 5.08. The number of hydrogen-bond donors (Lipinski definition) is 1. The molecule has 7 nitrogen and oxygen atoms in total. The molecule has 0 aliphatic carbocycles. The lowest BCUT2D eigenvalue weighted by Gasteiger charge is -2.12. The molecule has 0 heterocycles. The topological polar surface area (TPSA) is 107 Å². The molecule has 0 aromatic rings. The standard InChI is InChI=1S/C19H34O7S/c1-3-5-7-8-9-10-11-12-13-15-26-19(21)17(27(22,23)24)16-18(20)25-14-6-4-2/h6,14,17H,3-5,7-13,15-16H2,1-2H3,(H,22,23,24)/b14-6+.